The lowest BCUT2D eigenvalue weighted by molar-refractivity contribution is 0.279. The van der Waals surface area contributed by atoms with Gasteiger partial charge in [-0.15, -0.1) is 11.3 Å². The molecule has 1 aliphatic rings. The normalized spacial score (nSPS) is 15.9. The zero-order valence-electron chi connectivity index (χ0n) is 17.7. The number of hydrogen-bond acceptors (Lipinski definition) is 5. The summed E-state index contributed by atoms with van der Waals surface area (Å²) in [5, 5.41) is 12.0. The van der Waals surface area contributed by atoms with E-state index in [0.717, 1.165) is 41.0 Å². The molecule has 0 bridgehead atoms. The van der Waals surface area contributed by atoms with Crippen LogP contribution in [0.2, 0.25) is 5.02 Å². The van der Waals surface area contributed by atoms with E-state index in [-0.39, 0.29) is 6.61 Å². The minimum Gasteiger partial charge on any atom is -0.396 e. The average Bonchev–Trinajstić information content (AvgIpc) is 3.20. The highest BCUT2D eigenvalue weighted by Gasteiger charge is 2.25. The maximum Gasteiger partial charge on any atom is 0.243 e. The fourth-order valence-corrected chi connectivity index (χ4v) is 6.46. The summed E-state index contributed by atoms with van der Waals surface area (Å²) >= 11 is 7.59. The van der Waals surface area contributed by atoms with Crippen LogP contribution >= 0.6 is 22.9 Å². The standard InChI is InChI=1S/C23H26ClN3O3S2/c24-19-6-4-7-20(16-19)25-23-27(14-5-15-28)22(17-31-23)18-8-10-21(11-9-18)32(29,30)26-12-2-1-3-13-26/h4,6-11,16-17,28H,1-3,5,12-15H2. The number of benzene rings is 2. The van der Waals surface area contributed by atoms with Crippen LogP contribution in [-0.4, -0.2) is 42.1 Å². The van der Waals surface area contributed by atoms with Crippen LogP contribution in [0.5, 0.6) is 0 Å². The van der Waals surface area contributed by atoms with Crippen LogP contribution in [0.15, 0.2) is 63.8 Å². The Kier molecular flexibility index (Phi) is 7.48. The predicted octanol–water partition coefficient (Wildman–Crippen LogP) is 4.66. The minimum absolute atomic E-state index is 0.0753. The van der Waals surface area contributed by atoms with Gasteiger partial charge in [-0.3, -0.25) is 0 Å². The number of halogens is 1. The highest BCUT2D eigenvalue weighted by molar-refractivity contribution is 7.89. The van der Waals surface area contributed by atoms with Crippen molar-refractivity contribution in [2.75, 3.05) is 19.7 Å². The molecule has 32 heavy (non-hydrogen) atoms. The summed E-state index contributed by atoms with van der Waals surface area (Å²) in [4.78, 5) is 5.85. The average molecular weight is 492 g/mol. The molecule has 2 heterocycles. The highest BCUT2D eigenvalue weighted by Crippen LogP contribution is 2.26. The van der Waals surface area contributed by atoms with Gasteiger partial charge in [-0.25, -0.2) is 13.4 Å². The monoisotopic (exact) mass is 491 g/mol. The zero-order valence-corrected chi connectivity index (χ0v) is 20.0. The molecule has 170 valence electrons. The predicted molar refractivity (Wildman–Crippen MR) is 129 cm³/mol. The maximum atomic E-state index is 12.9. The van der Waals surface area contributed by atoms with Gasteiger partial charge in [0.2, 0.25) is 10.0 Å². The molecule has 4 rings (SSSR count). The minimum atomic E-state index is -3.46. The van der Waals surface area contributed by atoms with E-state index in [0.29, 0.717) is 36.0 Å². The molecule has 2 aromatic carbocycles. The van der Waals surface area contributed by atoms with Gasteiger partial charge >= 0.3 is 0 Å². The fourth-order valence-electron chi connectivity index (χ4n) is 3.80. The first-order valence-corrected chi connectivity index (χ1v) is 13.4. The number of aromatic nitrogens is 1. The molecule has 1 N–H and O–H groups in total. The second kappa shape index (κ2) is 10.3. The maximum absolute atomic E-state index is 12.9. The van der Waals surface area contributed by atoms with E-state index < -0.39 is 10.0 Å². The smallest absolute Gasteiger partial charge is 0.243 e. The van der Waals surface area contributed by atoms with Crippen LogP contribution < -0.4 is 4.80 Å². The first kappa shape index (κ1) is 23.2. The summed E-state index contributed by atoms with van der Waals surface area (Å²) in [6, 6.07) is 14.4. The van der Waals surface area contributed by atoms with Crippen molar-refractivity contribution in [3.63, 3.8) is 0 Å². The third-order valence-corrected chi connectivity index (χ3v) is 8.48. The number of aliphatic hydroxyl groups is 1. The van der Waals surface area contributed by atoms with Gasteiger partial charge < -0.3 is 9.67 Å². The Morgan fingerprint density at radius 2 is 1.81 bits per heavy atom. The molecule has 0 saturated carbocycles. The van der Waals surface area contributed by atoms with Crippen molar-refractivity contribution >= 4 is 38.6 Å². The van der Waals surface area contributed by atoms with Crippen molar-refractivity contribution in [2.24, 2.45) is 4.99 Å². The Labute approximate surface area is 197 Å². The largest absolute Gasteiger partial charge is 0.396 e. The van der Waals surface area contributed by atoms with Gasteiger partial charge in [-0.05, 0) is 55.2 Å². The van der Waals surface area contributed by atoms with Gasteiger partial charge in [0.15, 0.2) is 4.80 Å². The summed E-state index contributed by atoms with van der Waals surface area (Å²) in [5.41, 5.74) is 2.60. The van der Waals surface area contributed by atoms with Crippen LogP contribution in [0.1, 0.15) is 25.7 Å². The molecular weight excluding hydrogens is 466 g/mol. The Morgan fingerprint density at radius 1 is 1.06 bits per heavy atom. The second-order valence-corrected chi connectivity index (χ2v) is 10.9. The highest BCUT2D eigenvalue weighted by atomic mass is 35.5. The van der Waals surface area contributed by atoms with E-state index in [2.05, 4.69) is 4.57 Å². The second-order valence-electron chi connectivity index (χ2n) is 7.71. The zero-order chi connectivity index (χ0) is 22.6. The summed E-state index contributed by atoms with van der Waals surface area (Å²) in [7, 11) is -3.46. The van der Waals surface area contributed by atoms with Crippen molar-refractivity contribution in [3.05, 3.63) is 63.7 Å². The van der Waals surface area contributed by atoms with E-state index in [4.69, 9.17) is 16.6 Å². The SMILES string of the molecule is O=S(=O)(c1ccc(-c2csc(=Nc3cccc(Cl)c3)n2CCCO)cc1)N1CCCCC1. The summed E-state index contributed by atoms with van der Waals surface area (Å²) in [6.45, 7) is 1.85. The molecular formula is C23H26ClN3O3S2. The van der Waals surface area contributed by atoms with Crippen LogP contribution in [-0.2, 0) is 16.6 Å². The molecule has 0 aliphatic carbocycles. The topological polar surface area (TPSA) is 74.9 Å². The third-order valence-electron chi connectivity index (χ3n) is 5.47. The van der Waals surface area contributed by atoms with Crippen LogP contribution in [0.25, 0.3) is 11.3 Å². The van der Waals surface area contributed by atoms with Crippen molar-refractivity contribution < 1.29 is 13.5 Å². The summed E-state index contributed by atoms with van der Waals surface area (Å²) in [5.74, 6) is 0. The molecule has 0 radical (unpaired) electrons. The van der Waals surface area contributed by atoms with Gasteiger partial charge in [0, 0.05) is 36.6 Å². The van der Waals surface area contributed by atoms with Gasteiger partial charge in [0.05, 0.1) is 16.3 Å². The number of piperidine rings is 1. The van der Waals surface area contributed by atoms with Gasteiger partial charge in [-0.1, -0.05) is 36.2 Å². The number of nitrogens with zero attached hydrogens (tertiary/aromatic N) is 3. The molecule has 0 spiro atoms. The van der Waals surface area contributed by atoms with Gasteiger partial charge in [0.25, 0.3) is 0 Å². The van der Waals surface area contributed by atoms with E-state index in [1.54, 1.807) is 28.6 Å². The number of aliphatic hydroxyl groups excluding tert-OH is 1. The van der Waals surface area contributed by atoms with Crippen LogP contribution in [0.3, 0.4) is 0 Å². The molecule has 0 unspecified atom stereocenters. The van der Waals surface area contributed by atoms with E-state index in [1.807, 2.05) is 29.6 Å². The van der Waals surface area contributed by atoms with Gasteiger partial charge in [0.1, 0.15) is 0 Å². The molecule has 1 fully saturated rings. The van der Waals surface area contributed by atoms with Crippen molar-refractivity contribution in [2.45, 2.75) is 37.1 Å². The number of sulfonamides is 1. The molecule has 1 aliphatic heterocycles. The fraction of sp³-hybridized carbons (Fsp3) is 0.348. The lowest BCUT2D eigenvalue weighted by Crippen LogP contribution is -2.35. The molecule has 1 aromatic heterocycles. The Morgan fingerprint density at radius 3 is 2.50 bits per heavy atom. The van der Waals surface area contributed by atoms with Crippen LogP contribution in [0, 0.1) is 0 Å². The molecule has 3 aromatic rings. The summed E-state index contributed by atoms with van der Waals surface area (Å²) < 4.78 is 29.5. The first-order valence-electron chi connectivity index (χ1n) is 10.7. The van der Waals surface area contributed by atoms with Gasteiger partial charge in [-0.2, -0.15) is 4.31 Å². The molecule has 0 amide bonds. The van der Waals surface area contributed by atoms with E-state index in [9.17, 15) is 13.5 Å². The van der Waals surface area contributed by atoms with Crippen molar-refractivity contribution in [3.8, 4) is 11.3 Å². The quantitative estimate of drug-likeness (QED) is 0.522. The number of thiazole rings is 1. The number of rotatable bonds is 7. The molecule has 9 heteroatoms. The van der Waals surface area contributed by atoms with Crippen LogP contribution in [0.4, 0.5) is 5.69 Å². The summed E-state index contributed by atoms with van der Waals surface area (Å²) in [6.07, 6.45) is 3.50. The lowest BCUT2D eigenvalue weighted by atomic mass is 10.2. The molecule has 0 atom stereocenters. The lowest BCUT2D eigenvalue weighted by Gasteiger charge is -2.25. The molecule has 1 saturated heterocycles. The Hall–Kier alpha value is -1.97. The van der Waals surface area contributed by atoms with E-state index >= 15 is 0 Å². The number of hydrogen-bond donors (Lipinski definition) is 1. The molecule has 6 nitrogen and oxygen atoms in total. The Balaban J connectivity index is 1.68. The van der Waals surface area contributed by atoms with Crippen molar-refractivity contribution in [1.29, 1.82) is 0 Å². The first-order chi connectivity index (χ1) is 15.5. The van der Waals surface area contributed by atoms with E-state index in [1.165, 1.54) is 11.3 Å². The Bertz CT molecular complexity index is 1230. The van der Waals surface area contributed by atoms with Crippen molar-refractivity contribution in [1.82, 2.24) is 8.87 Å². The third kappa shape index (κ3) is 5.15.